The van der Waals surface area contributed by atoms with Gasteiger partial charge in [0.25, 0.3) is 10.0 Å². The van der Waals surface area contributed by atoms with Crippen LogP contribution in [0, 0.1) is 0 Å². The maximum Gasteiger partial charge on any atom is 0.264 e. The molecule has 0 radical (unpaired) electrons. The van der Waals surface area contributed by atoms with Crippen LogP contribution in [0.1, 0.15) is 45.1 Å². The lowest BCUT2D eigenvalue weighted by Gasteiger charge is -2.32. The highest BCUT2D eigenvalue weighted by atomic mass is 35.5. The van der Waals surface area contributed by atoms with E-state index in [1.165, 1.54) is 28.8 Å². The molecule has 2 amide bonds. The van der Waals surface area contributed by atoms with E-state index in [0.717, 1.165) is 34.9 Å². The lowest BCUT2D eigenvalue weighted by atomic mass is 10.1. The molecule has 0 spiro atoms. The first-order valence-corrected chi connectivity index (χ1v) is 17.4. The molecule has 11 heteroatoms. The second-order valence-electron chi connectivity index (χ2n) is 10.4. The van der Waals surface area contributed by atoms with Crippen molar-refractivity contribution in [2.24, 2.45) is 0 Å². The zero-order valence-electron chi connectivity index (χ0n) is 24.7. The van der Waals surface area contributed by atoms with Gasteiger partial charge in [-0.25, -0.2) is 8.42 Å². The number of anilines is 1. The number of benzene rings is 3. The van der Waals surface area contributed by atoms with Crippen molar-refractivity contribution in [2.75, 3.05) is 23.7 Å². The Labute approximate surface area is 263 Å². The molecule has 1 unspecified atom stereocenters. The van der Waals surface area contributed by atoms with Gasteiger partial charge in [-0.2, -0.15) is 0 Å². The van der Waals surface area contributed by atoms with Crippen LogP contribution in [0.2, 0.25) is 5.02 Å². The van der Waals surface area contributed by atoms with Crippen molar-refractivity contribution in [3.63, 3.8) is 0 Å². The molecule has 0 bridgehead atoms. The van der Waals surface area contributed by atoms with E-state index in [2.05, 4.69) is 5.32 Å². The van der Waals surface area contributed by atoms with Gasteiger partial charge in [-0.3, -0.25) is 13.9 Å². The average Bonchev–Trinajstić information content (AvgIpc) is 3.52. The summed E-state index contributed by atoms with van der Waals surface area (Å²) in [7, 11) is -4.17. The summed E-state index contributed by atoms with van der Waals surface area (Å²) in [5.74, 6) is -0.237. The minimum Gasteiger partial charge on any atom is -0.494 e. The second kappa shape index (κ2) is 15.0. The number of nitrogens with one attached hydrogen (secondary N) is 1. The topological polar surface area (TPSA) is 96.0 Å². The maximum atomic E-state index is 14.1. The largest absolute Gasteiger partial charge is 0.494 e. The number of hydrogen-bond donors (Lipinski definition) is 1. The number of hydrogen-bond acceptors (Lipinski definition) is 6. The van der Waals surface area contributed by atoms with Crippen LogP contribution in [0.15, 0.2) is 82.6 Å². The summed E-state index contributed by atoms with van der Waals surface area (Å²) in [6, 6.07) is 19.4. The van der Waals surface area contributed by atoms with E-state index in [0.29, 0.717) is 28.6 Å². The highest BCUT2D eigenvalue weighted by molar-refractivity contribution is 7.98. The van der Waals surface area contributed by atoms with Gasteiger partial charge in [-0.05, 0) is 93.1 Å². The molecular formula is C32H38ClN3O5S2. The fraction of sp³-hybridized carbons (Fsp3) is 0.375. The quantitative estimate of drug-likeness (QED) is 0.225. The highest BCUT2D eigenvalue weighted by Gasteiger charge is 2.33. The summed E-state index contributed by atoms with van der Waals surface area (Å²) < 4.78 is 34.8. The van der Waals surface area contributed by atoms with Gasteiger partial charge in [0.05, 0.1) is 17.2 Å². The molecule has 1 fully saturated rings. The van der Waals surface area contributed by atoms with Crippen molar-refractivity contribution in [2.45, 2.75) is 68.0 Å². The Bertz CT molecular complexity index is 1490. The number of sulfonamides is 1. The van der Waals surface area contributed by atoms with Gasteiger partial charge in [-0.1, -0.05) is 42.6 Å². The Balaban J connectivity index is 1.70. The van der Waals surface area contributed by atoms with Gasteiger partial charge in [0.2, 0.25) is 11.8 Å². The van der Waals surface area contributed by atoms with Crippen LogP contribution >= 0.6 is 23.4 Å². The minimum atomic E-state index is -4.17. The highest BCUT2D eigenvalue weighted by Crippen LogP contribution is 2.28. The predicted molar refractivity (Wildman–Crippen MR) is 172 cm³/mol. The van der Waals surface area contributed by atoms with Crippen LogP contribution in [-0.2, 0) is 26.2 Å². The zero-order chi connectivity index (χ0) is 31.0. The number of carbonyl (C=O) groups excluding carboxylic acids is 2. The number of halogens is 1. The first-order valence-electron chi connectivity index (χ1n) is 14.4. The SMILES string of the molecule is CCOc1ccc(N(CC(=O)N(Cc2ccccc2Cl)C(C)C(=O)NC2CCCC2)S(=O)(=O)c2ccc(SC)cc2)cc1. The van der Waals surface area contributed by atoms with Crippen molar-refractivity contribution in [1.29, 1.82) is 0 Å². The monoisotopic (exact) mass is 643 g/mol. The first kappa shape index (κ1) is 32.7. The third kappa shape index (κ3) is 8.25. The number of ether oxygens (including phenoxy) is 1. The van der Waals surface area contributed by atoms with E-state index in [9.17, 15) is 18.0 Å². The molecule has 4 rings (SSSR count). The molecule has 1 N–H and O–H groups in total. The fourth-order valence-corrected chi connectivity index (χ4v) is 7.08. The van der Waals surface area contributed by atoms with E-state index in [-0.39, 0.29) is 23.4 Å². The summed E-state index contributed by atoms with van der Waals surface area (Å²) >= 11 is 7.96. The molecule has 3 aromatic rings. The Morgan fingerprint density at radius 2 is 1.67 bits per heavy atom. The van der Waals surface area contributed by atoms with Gasteiger partial charge >= 0.3 is 0 Å². The Hall–Kier alpha value is -3.21. The molecule has 1 saturated carbocycles. The summed E-state index contributed by atoms with van der Waals surface area (Å²) in [6.45, 7) is 3.50. The van der Waals surface area contributed by atoms with Gasteiger partial charge in [-0.15, -0.1) is 11.8 Å². The predicted octanol–water partition coefficient (Wildman–Crippen LogP) is 6.13. The lowest BCUT2D eigenvalue weighted by molar-refractivity contribution is -0.139. The fourth-order valence-electron chi connectivity index (χ4n) is 5.06. The molecule has 1 aliphatic carbocycles. The second-order valence-corrected chi connectivity index (χ2v) is 13.5. The molecule has 8 nitrogen and oxygen atoms in total. The number of thioether (sulfide) groups is 1. The van der Waals surface area contributed by atoms with Gasteiger partial charge < -0.3 is 15.0 Å². The van der Waals surface area contributed by atoms with Crippen molar-refractivity contribution in [3.05, 3.63) is 83.4 Å². The Morgan fingerprint density at radius 3 is 2.28 bits per heavy atom. The first-order chi connectivity index (χ1) is 20.6. The van der Waals surface area contributed by atoms with E-state index in [1.807, 2.05) is 19.2 Å². The normalized spacial score (nSPS) is 14.2. The number of carbonyl (C=O) groups is 2. The van der Waals surface area contributed by atoms with Crippen LogP contribution in [0.25, 0.3) is 0 Å². The maximum absolute atomic E-state index is 14.1. The number of amides is 2. The van der Waals surface area contributed by atoms with Crippen molar-refractivity contribution in [3.8, 4) is 5.75 Å². The van der Waals surface area contributed by atoms with Crippen LogP contribution in [0.5, 0.6) is 5.75 Å². The van der Waals surface area contributed by atoms with Gasteiger partial charge in [0.15, 0.2) is 0 Å². The summed E-state index contributed by atoms with van der Waals surface area (Å²) in [6.07, 6.45) is 5.81. The lowest BCUT2D eigenvalue weighted by Crippen LogP contribution is -2.52. The van der Waals surface area contributed by atoms with Crippen molar-refractivity contribution in [1.82, 2.24) is 10.2 Å². The Kier molecular flexibility index (Phi) is 11.4. The van der Waals surface area contributed by atoms with Gasteiger partial charge in [0.1, 0.15) is 18.3 Å². The van der Waals surface area contributed by atoms with Crippen molar-refractivity contribution >= 4 is 50.9 Å². The summed E-state index contributed by atoms with van der Waals surface area (Å²) in [5, 5.41) is 3.52. The van der Waals surface area contributed by atoms with Crippen LogP contribution in [-0.4, -0.2) is 56.6 Å². The van der Waals surface area contributed by atoms with E-state index >= 15 is 0 Å². The van der Waals surface area contributed by atoms with E-state index < -0.39 is 28.5 Å². The molecule has 0 aliphatic heterocycles. The molecular weight excluding hydrogens is 606 g/mol. The van der Waals surface area contributed by atoms with Crippen LogP contribution in [0.3, 0.4) is 0 Å². The summed E-state index contributed by atoms with van der Waals surface area (Å²) in [5.41, 5.74) is 0.952. The molecule has 1 atom stereocenters. The summed E-state index contributed by atoms with van der Waals surface area (Å²) in [4.78, 5) is 29.9. The number of rotatable bonds is 13. The van der Waals surface area contributed by atoms with Gasteiger partial charge in [0, 0.05) is 22.5 Å². The molecule has 43 heavy (non-hydrogen) atoms. The standard InChI is InChI=1S/C32H38ClN3O5S2/c1-4-41-27-15-13-26(14-16-27)36(43(39,40)29-19-17-28(42-3)18-20-29)22-31(37)35(21-24-9-5-8-12-30(24)33)23(2)32(38)34-25-10-6-7-11-25/h5,8-9,12-20,23,25H,4,6-7,10-11,21-22H2,1-3H3,(H,34,38). The van der Waals surface area contributed by atoms with Crippen molar-refractivity contribution < 1.29 is 22.7 Å². The molecule has 0 heterocycles. The van der Waals surface area contributed by atoms with Crippen LogP contribution in [0.4, 0.5) is 5.69 Å². The zero-order valence-corrected chi connectivity index (χ0v) is 27.1. The van der Waals surface area contributed by atoms with E-state index in [1.54, 1.807) is 61.5 Å². The number of nitrogens with zero attached hydrogens (tertiary/aromatic N) is 2. The smallest absolute Gasteiger partial charge is 0.264 e. The average molecular weight is 644 g/mol. The third-order valence-electron chi connectivity index (χ3n) is 7.53. The molecule has 230 valence electrons. The molecule has 0 aromatic heterocycles. The van der Waals surface area contributed by atoms with E-state index in [4.69, 9.17) is 16.3 Å². The third-order valence-corrected chi connectivity index (χ3v) is 10.4. The molecule has 0 saturated heterocycles. The molecule has 1 aliphatic rings. The van der Waals surface area contributed by atoms with Crippen LogP contribution < -0.4 is 14.4 Å². The minimum absolute atomic E-state index is 0.0390. The molecule has 3 aromatic carbocycles. The Morgan fingerprint density at radius 1 is 1.02 bits per heavy atom.